The molecule has 0 bridgehead atoms. The van der Waals surface area contributed by atoms with Crippen LogP contribution in [0.15, 0.2) is 61.1 Å². The number of carbonyl (C=O) groups is 3. The fourth-order valence-electron chi connectivity index (χ4n) is 2.80. The molecule has 1 N–H and O–H groups in total. The molecule has 0 fully saturated rings. The predicted octanol–water partition coefficient (Wildman–Crippen LogP) is 2.75. The topological polar surface area (TPSA) is 101 Å². The molecule has 0 spiro atoms. The minimum atomic E-state index is -0.422. The van der Waals surface area contributed by atoms with E-state index in [-0.39, 0.29) is 17.0 Å². The largest absolute Gasteiger partial charge is 0.437 e. The van der Waals surface area contributed by atoms with E-state index in [1.165, 1.54) is 43.8 Å². The summed E-state index contributed by atoms with van der Waals surface area (Å²) in [7, 11) is 1.41. The number of hydrogen-bond acceptors (Lipinski definition) is 6. The number of ether oxygens (including phenoxy) is 1. The predicted molar refractivity (Wildman–Crippen MR) is 99.4 cm³/mol. The lowest BCUT2D eigenvalue weighted by Gasteiger charge is -2.09. The molecule has 0 saturated heterocycles. The van der Waals surface area contributed by atoms with Gasteiger partial charge in [-0.1, -0.05) is 6.07 Å². The minimum absolute atomic E-state index is 0.222. The van der Waals surface area contributed by atoms with Crippen LogP contribution in [0.5, 0.6) is 11.6 Å². The van der Waals surface area contributed by atoms with E-state index in [2.05, 4.69) is 15.3 Å². The highest BCUT2D eigenvalue weighted by Crippen LogP contribution is 2.25. The number of carbonyl (C=O) groups excluding carboxylic acids is 3. The number of nitrogens with zero attached hydrogens (tertiary/aromatic N) is 3. The number of aromatic nitrogens is 2. The second-order valence-electron chi connectivity index (χ2n) is 6.06. The van der Waals surface area contributed by atoms with E-state index in [0.717, 1.165) is 4.90 Å². The first kappa shape index (κ1) is 17.3. The van der Waals surface area contributed by atoms with Gasteiger partial charge in [0.2, 0.25) is 5.88 Å². The average Bonchev–Trinajstić information content (AvgIpc) is 2.93. The van der Waals surface area contributed by atoms with Crippen LogP contribution in [-0.4, -0.2) is 39.6 Å². The van der Waals surface area contributed by atoms with Gasteiger partial charge in [0.1, 0.15) is 5.75 Å². The Morgan fingerprint density at radius 3 is 2.64 bits per heavy atom. The van der Waals surface area contributed by atoms with Crippen LogP contribution in [0.4, 0.5) is 5.69 Å². The highest BCUT2D eigenvalue weighted by Gasteiger charge is 2.33. The number of amides is 3. The zero-order valence-electron chi connectivity index (χ0n) is 14.7. The summed E-state index contributed by atoms with van der Waals surface area (Å²) >= 11 is 0. The van der Waals surface area contributed by atoms with Gasteiger partial charge in [-0.3, -0.25) is 24.3 Å². The van der Waals surface area contributed by atoms with E-state index in [0.29, 0.717) is 22.9 Å². The number of anilines is 1. The Hall–Kier alpha value is -4.07. The minimum Gasteiger partial charge on any atom is -0.437 e. The number of benzene rings is 2. The third-order valence-corrected chi connectivity index (χ3v) is 4.21. The van der Waals surface area contributed by atoms with Crippen molar-refractivity contribution in [2.75, 3.05) is 12.4 Å². The fourth-order valence-corrected chi connectivity index (χ4v) is 2.80. The van der Waals surface area contributed by atoms with Gasteiger partial charge in [0.15, 0.2) is 0 Å². The van der Waals surface area contributed by atoms with Crippen LogP contribution in [-0.2, 0) is 0 Å². The number of fused-ring (bicyclic) bond motifs is 1. The highest BCUT2D eigenvalue weighted by atomic mass is 16.5. The molecule has 1 aliphatic heterocycles. The Morgan fingerprint density at radius 2 is 1.86 bits per heavy atom. The van der Waals surface area contributed by atoms with Gasteiger partial charge in [0.05, 0.1) is 17.3 Å². The van der Waals surface area contributed by atoms with E-state index in [9.17, 15) is 14.4 Å². The molecule has 2 heterocycles. The standard InChI is InChI=1S/C20H14N4O4/c1-24-19(26)15-6-5-12(9-16(15)20(24)27)18(25)23-13-3-2-4-14(10-13)28-17-11-21-7-8-22-17/h2-11H,1H3,(H,23,25). The molecule has 3 amide bonds. The van der Waals surface area contributed by atoms with Crippen LogP contribution in [0, 0.1) is 0 Å². The van der Waals surface area contributed by atoms with Gasteiger partial charge in [-0.2, -0.15) is 0 Å². The van der Waals surface area contributed by atoms with Crippen molar-refractivity contribution < 1.29 is 19.1 Å². The zero-order chi connectivity index (χ0) is 19.7. The first-order chi connectivity index (χ1) is 13.5. The zero-order valence-corrected chi connectivity index (χ0v) is 14.7. The molecule has 8 heteroatoms. The van der Waals surface area contributed by atoms with Crippen molar-refractivity contribution in [1.29, 1.82) is 0 Å². The third-order valence-electron chi connectivity index (χ3n) is 4.21. The quantitative estimate of drug-likeness (QED) is 0.705. The first-order valence-electron chi connectivity index (χ1n) is 8.34. The number of imide groups is 1. The Bertz CT molecular complexity index is 1100. The molecule has 0 aliphatic carbocycles. The van der Waals surface area contributed by atoms with E-state index in [1.54, 1.807) is 24.3 Å². The second-order valence-corrected chi connectivity index (χ2v) is 6.06. The van der Waals surface area contributed by atoms with Crippen LogP contribution in [0.3, 0.4) is 0 Å². The molecule has 1 aromatic heterocycles. The molecule has 0 unspecified atom stereocenters. The van der Waals surface area contributed by atoms with Gasteiger partial charge in [-0.15, -0.1) is 0 Å². The summed E-state index contributed by atoms with van der Waals surface area (Å²) < 4.78 is 5.59. The van der Waals surface area contributed by atoms with E-state index in [4.69, 9.17) is 4.74 Å². The Balaban J connectivity index is 1.53. The molecule has 138 valence electrons. The van der Waals surface area contributed by atoms with Crippen molar-refractivity contribution in [1.82, 2.24) is 14.9 Å². The van der Waals surface area contributed by atoms with Crippen LogP contribution in [0.25, 0.3) is 0 Å². The monoisotopic (exact) mass is 374 g/mol. The maximum Gasteiger partial charge on any atom is 0.261 e. The van der Waals surface area contributed by atoms with E-state index >= 15 is 0 Å². The molecule has 8 nitrogen and oxygen atoms in total. The van der Waals surface area contributed by atoms with Crippen molar-refractivity contribution in [2.45, 2.75) is 0 Å². The van der Waals surface area contributed by atoms with Gasteiger partial charge < -0.3 is 10.1 Å². The molecule has 0 saturated carbocycles. The molecule has 28 heavy (non-hydrogen) atoms. The smallest absolute Gasteiger partial charge is 0.261 e. The summed E-state index contributed by atoms with van der Waals surface area (Å²) in [6.45, 7) is 0. The van der Waals surface area contributed by atoms with Crippen molar-refractivity contribution in [3.63, 3.8) is 0 Å². The number of rotatable bonds is 4. The van der Waals surface area contributed by atoms with E-state index in [1.807, 2.05) is 0 Å². The lowest BCUT2D eigenvalue weighted by Crippen LogP contribution is -2.24. The highest BCUT2D eigenvalue weighted by molar-refractivity contribution is 6.22. The van der Waals surface area contributed by atoms with E-state index < -0.39 is 11.8 Å². The average molecular weight is 374 g/mol. The van der Waals surface area contributed by atoms with Gasteiger partial charge in [0, 0.05) is 36.8 Å². The van der Waals surface area contributed by atoms with Gasteiger partial charge in [-0.25, -0.2) is 4.98 Å². The second kappa shape index (κ2) is 6.92. The first-order valence-corrected chi connectivity index (χ1v) is 8.34. The van der Waals surface area contributed by atoms with Crippen LogP contribution in [0.1, 0.15) is 31.1 Å². The normalized spacial score (nSPS) is 12.7. The molecular weight excluding hydrogens is 360 g/mol. The summed E-state index contributed by atoms with van der Waals surface area (Å²) in [5.74, 6) is -0.393. The van der Waals surface area contributed by atoms with Crippen molar-refractivity contribution in [3.8, 4) is 11.6 Å². The van der Waals surface area contributed by atoms with Crippen molar-refractivity contribution >= 4 is 23.4 Å². The van der Waals surface area contributed by atoms with Crippen LogP contribution in [0.2, 0.25) is 0 Å². The summed E-state index contributed by atoms with van der Waals surface area (Å²) in [5, 5.41) is 2.75. The number of nitrogens with one attached hydrogen (secondary N) is 1. The van der Waals surface area contributed by atoms with Gasteiger partial charge >= 0.3 is 0 Å². The number of hydrogen-bond donors (Lipinski definition) is 1. The maximum absolute atomic E-state index is 12.6. The summed E-state index contributed by atoms with van der Waals surface area (Å²) in [6, 6.07) is 11.2. The molecule has 2 aromatic carbocycles. The van der Waals surface area contributed by atoms with Gasteiger partial charge in [-0.05, 0) is 30.3 Å². The van der Waals surface area contributed by atoms with Crippen molar-refractivity contribution in [3.05, 3.63) is 77.7 Å². The maximum atomic E-state index is 12.6. The van der Waals surface area contributed by atoms with Gasteiger partial charge in [0.25, 0.3) is 17.7 Å². The molecule has 4 rings (SSSR count). The summed E-state index contributed by atoms with van der Waals surface area (Å²) in [6.07, 6.45) is 4.53. The molecule has 3 aromatic rings. The van der Waals surface area contributed by atoms with Crippen LogP contribution < -0.4 is 10.1 Å². The van der Waals surface area contributed by atoms with Crippen LogP contribution >= 0.6 is 0 Å². The molecule has 1 aliphatic rings. The summed E-state index contributed by atoms with van der Waals surface area (Å²) in [4.78, 5) is 45.6. The lowest BCUT2D eigenvalue weighted by molar-refractivity contribution is 0.0693. The molecular formula is C20H14N4O4. The third kappa shape index (κ3) is 3.18. The van der Waals surface area contributed by atoms with Crippen molar-refractivity contribution in [2.24, 2.45) is 0 Å². The lowest BCUT2D eigenvalue weighted by atomic mass is 10.1. The summed E-state index contributed by atoms with van der Waals surface area (Å²) in [5.41, 5.74) is 1.30. The fraction of sp³-hybridized carbons (Fsp3) is 0.0500. The SMILES string of the molecule is CN1C(=O)c2ccc(C(=O)Nc3cccc(Oc4cnccn4)c3)cc2C1=O. The molecule has 0 radical (unpaired) electrons. The Morgan fingerprint density at radius 1 is 1.04 bits per heavy atom. The Kier molecular flexibility index (Phi) is 4.29. The Labute approximate surface area is 159 Å². The molecule has 0 atom stereocenters.